The summed E-state index contributed by atoms with van der Waals surface area (Å²) in [7, 11) is 1.63. The normalized spacial score (nSPS) is 14.3. The molecule has 4 rings (SSSR count). The number of hydrogen-bond donors (Lipinski definition) is 0. The smallest absolute Gasteiger partial charge is 0.290 e. The first-order chi connectivity index (χ1) is 13.1. The molecule has 0 fully saturated rings. The molecular weight excluding hydrogens is 342 g/mol. The van der Waals surface area contributed by atoms with Gasteiger partial charge in [-0.2, -0.15) is 0 Å². The molecule has 1 aromatic heterocycles. The summed E-state index contributed by atoms with van der Waals surface area (Å²) in [5.41, 5.74) is 3.73. The van der Waals surface area contributed by atoms with Gasteiger partial charge in [0.1, 0.15) is 5.58 Å². The number of nitrogens with zero attached hydrogens (tertiary/aromatic N) is 1. The summed E-state index contributed by atoms with van der Waals surface area (Å²) in [6.07, 6.45) is 0.752. The van der Waals surface area contributed by atoms with Gasteiger partial charge in [0, 0.05) is 29.6 Å². The highest BCUT2D eigenvalue weighted by molar-refractivity contribution is 5.99. The molecule has 0 saturated carbocycles. The van der Waals surface area contributed by atoms with Crippen molar-refractivity contribution in [2.45, 2.75) is 26.8 Å². The minimum atomic E-state index is -0.0861. The van der Waals surface area contributed by atoms with Crippen LogP contribution < -0.4 is 9.47 Å². The zero-order valence-electron chi connectivity index (χ0n) is 15.9. The molecule has 140 valence electrons. The second-order valence-electron chi connectivity index (χ2n) is 6.93. The third-order valence-corrected chi connectivity index (χ3v) is 5.03. The summed E-state index contributed by atoms with van der Waals surface area (Å²) in [5.74, 6) is 1.74. The molecule has 0 N–H and O–H groups in total. The molecular formula is C22H23NO4. The fourth-order valence-corrected chi connectivity index (χ4v) is 3.58. The van der Waals surface area contributed by atoms with E-state index in [1.165, 1.54) is 0 Å². The van der Waals surface area contributed by atoms with Gasteiger partial charge in [-0.15, -0.1) is 0 Å². The second-order valence-corrected chi connectivity index (χ2v) is 6.93. The van der Waals surface area contributed by atoms with Crippen LogP contribution in [0.25, 0.3) is 11.0 Å². The van der Waals surface area contributed by atoms with Crippen LogP contribution in [0.2, 0.25) is 0 Å². The summed E-state index contributed by atoms with van der Waals surface area (Å²) in [6, 6.07) is 11.7. The lowest BCUT2D eigenvalue weighted by Crippen LogP contribution is -2.34. The van der Waals surface area contributed by atoms with Crippen molar-refractivity contribution in [1.29, 1.82) is 0 Å². The monoisotopic (exact) mass is 365 g/mol. The first-order valence-corrected chi connectivity index (χ1v) is 9.16. The molecule has 5 nitrogen and oxygen atoms in total. The average molecular weight is 365 g/mol. The quantitative estimate of drug-likeness (QED) is 0.672. The predicted octanol–water partition coefficient (Wildman–Crippen LogP) is 4.48. The van der Waals surface area contributed by atoms with Crippen LogP contribution in [-0.4, -0.2) is 31.1 Å². The molecule has 2 heterocycles. The number of methoxy groups -OCH3 is 1. The number of amides is 1. The Morgan fingerprint density at radius 3 is 2.85 bits per heavy atom. The fraction of sp³-hybridized carbons (Fsp3) is 0.318. The molecule has 0 bridgehead atoms. The molecule has 1 aliphatic heterocycles. The van der Waals surface area contributed by atoms with E-state index in [4.69, 9.17) is 13.9 Å². The largest absolute Gasteiger partial charge is 0.493 e. The number of fused-ring (bicyclic) bond motifs is 2. The molecule has 0 saturated heterocycles. The van der Waals surface area contributed by atoms with Crippen LogP contribution in [0.3, 0.4) is 0 Å². The molecule has 1 amide bonds. The Balaban J connectivity index is 1.70. The van der Waals surface area contributed by atoms with Crippen LogP contribution in [0, 0.1) is 13.8 Å². The molecule has 0 unspecified atom stereocenters. The van der Waals surface area contributed by atoms with Gasteiger partial charge in [-0.1, -0.05) is 23.8 Å². The van der Waals surface area contributed by atoms with Crippen LogP contribution in [0.1, 0.15) is 33.7 Å². The third-order valence-electron chi connectivity index (χ3n) is 5.03. The molecule has 0 atom stereocenters. The van der Waals surface area contributed by atoms with Crippen molar-refractivity contribution < 1.29 is 18.7 Å². The Kier molecular flexibility index (Phi) is 4.52. The van der Waals surface area contributed by atoms with Gasteiger partial charge < -0.3 is 18.8 Å². The van der Waals surface area contributed by atoms with E-state index in [1.54, 1.807) is 7.11 Å². The lowest BCUT2D eigenvalue weighted by atomic mass is 10.1. The summed E-state index contributed by atoms with van der Waals surface area (Å²) in [5, 5.41) is 0.996. The highest BCUT2D eigenvalue weighted by Gasteiger charge is 2.26. The third kappa shape index (κ3) is 3.14. The topological polar surface area (TPSA) is 51.9 Å². The van der Waals surface area contributed by atoms with Gasteiger partial charge in [0.05, 0.1) is 13.7 Å². The standard InChI is InChI=1S/C22H23NO4/c1-14-8-9-18-17(12-14)15(2)20(27-18)22(24)23-10-5-11-26-21-16(13-23)6-4-7-19(21)25-3/h4,6-9,12H,5,10-11,13H2,1-3H3. The Bertz CT molecular complexity index is 1000. The average Bonchev–Trinajstić information content (AvgIpc) is 2.97. The van der Waals surface area contributed by atoms with E-state index in [2.05, 4.69) is 6.07 Å². The van der Waals surface area contributed by atoms with Crippen molar-refractivity contribution in [3.8, 4) is 11.5 Å². The highest BCUT2D eigenvalue weighted by atomic mass is 16.5. The van der Waals surface area contributed by atoms with Crippen molar-refractivity contribution in [3.63, 3.8) is 0 Å². The molecule has 5 heteroatoms. The number of rotatable bonds is 2. The van der Waals surface area contributed by atoms with Gasteiger partial charge in [-0.05, 0) is 38.5 Å². The zero-order chi connectivity index (χ0) is 19.0. The van der Waals surface area contributed by atoms with E-state index in [-0.39, 0.29) is 5.91 Å². The summed E-state index contributed by atoms with van der Waals surface area (Å²) in [4.78, 5) is 15.1. The number of hydrogen-bond acceptors (Lipinski definition) is 4. The maximum atomic E-state index is 13.3. The Labute approximate surface area is 158 Å². The molecule has 0 spiro atoms. The first kappa shape index (κ1) is 17.5. The highest BCUT2D eigenvalue weighted by Crippen LogP contribution is 2.34. The summed E-state index contributed by atoms with van der Waals surface area (Å²) >= 11 is 0. The van der Waals surface area contributed by atoms with Crippen LogP contribution in [0.15, 0.2) is 40.8 Å². The van der Waals surface area contributed by atoms with Crippen LogP contribution in [-0.2, 0) is 6.54 Å². The van der Waals surface area contributed by atoms with Gasteiger partial charge in [-0.25, -0.2) is 0 Å². The Morgan fingerprint density at radius 1 is 1.19 bits per heavy atom. The lowest BCUT2D eigenvalue weighted by Gasteiger charge is -2.26. The molecule has 27 heavy (non-hydrogen) atoms. The van der Waals surface area contributed by atoms with Gasteiger partial charge in [0.2, 0.25) is 0 Å². The molecule has 0 aliphatic carbocycles. The van der Waals surface area contributed by atoms with Crippen LogP contribution in [0.5, 0.6) is 11.5 Å². The number of carbonyl (C=O) groups excluding carboxylic acids is 1. The Morgan fingerprint density at radius 2 is 2.04 bits per heavy atom. The zero-order valence-corrected chi connectivity index (χ0v) is 15.9. The van der Waals surface area contributed by atoms with E-state index in [0.717, 1.165) is 39.8 Å². The van der Waals surface area contributed by atoms with Crippen molar-refractivity contribution in [1.82, 2.24) is 4.90 Å². The maximum Gasteiger partial charge on any atom is 0.290 e. The van der Waals surface area contributed by atoms with E-state index in [9.17, 15) is 4.79 Å². The molecule has 1 aliphatic rings. The number of ether oxygens (including phenoxy) is 2. The lowest BCUT2D eigenvalue weighted by molar-refractivity contribution is 0.0690. The fourth-order valence-electron chi connectivity index (χ4n) is 3.58. The van der Waals surface area contributed by atoms with Crippen molar-refractivity contribution >= 4 is 16.9 Å². The van der Waals surface area contributed by atoms with E-state index < -0.39 is 0 Å². The number of benzene rings is 2. The van der Waals surface area contributed by atoms with Gasteiger partial charge >= 0.3 is 0 Å². The minimum absolute atomic E-state index is 0.0861. The molecule has 3 aromatic rings. The maximum absolute atomic E-state index is 13.3. The Hall–Kier alpha value is -2.95. The van der Waals surface area contributed by atoms with Crippen LogP contribution in [0.4, 0.5) is 0 Å². The second kappa shape index (κ2) is 6.99. The van der Waals surface area contributed by atoms with Gasteiger partial charge in [-0.3, -0.25) is 4.79 Å². The molecule has 2 aromatic carbocycles. The summed E-state index contributed by atoms with van der Waals surface area (Å²) < 4.78 is 17.2. The minimum Gasteiger partial charge on any atom is -0.493 e. The van der Waals surface area contributed by atoms with E-state index in [1.807, 2.05) is 49.1 Å². The SMILES string of the molecule is COc1cccc2c1OCCCN(C(=O)c1oc3ccc(C)cc3c1C)C2. The van der Waals surface area contributed by atoms with Gasteiger partial charge in [0.15, 0.2) is 17.3 Å². The predicted molar refractivity (Wildman–Crippen MR) is 104 cm³/mol. The van der Waals surface area contributed by atoms with Crippen molar-refractivity contribution in [2.24, 2.45) is 0 Å². The van der Waals surface area contributed by atoms with E-state index >= 15 is 0 Å². The summed E-state index contributed by atoms with van der Waals surface area (Å²) in [6.45, 7) is 5.60. The van der Waals surface area contributed by atoms with Crippen molar-refractivity contribution in [3.05, 3.63) is 58.8 Å². The number of furan rings is 1. The van der Waals surface area contributed by atoms with E-state index in [0.29, 0.717) is 31.2 Å². The molecule has 0 radical (unpaired) electrons. The number of para-hydroxylation sites is 1. The first-order valence-electron chi connectivity index (χ1n) is 9.16. The van der Waals surface area contributed by atoms with Crippen molar-refractivity contribution in [2.75, 3.05) is 20.3 Å². The number of carbonyl (C=O) groups is 1. The van der Waals surface area contributed by atoms with Crippen LogP contribution >= 0.6 is 0 Å². The number of aryl methyl sites for hydroxylation is 2. The van der Waals surface area contributed by atoms with Gasteiger partial charge in [0.25, 0.3) is 5.91 Å².